The Hall–Kier alpha value is -3.09. The third-order valence-corrected chi connectivity index (χ3v) is 2.58. The molecule has 2 rings (SSSR count). The molecule has 102 valence electrons. The molecule has 0 fully saturated rings. The fourth-order valence-electron chi connectivity index (χ4n) is 1.62. The van der Waals surface area contributed by atoms with Crippen LogP contribution in [-0.4, -0.2) is 10.8 Å². The van der Waals surface area contributed by atoms with E-state index in [0.29, 0.717) is 0 Å². The Kier molecular flexibility index (Phi) is 3.52. The van der Waals surface area contributed by atoms with Crippen molar-refractivity contribution < 1.29 is 14.5 Å². The van der Waals surface area contributed by atoms with Gasteiger partial charge < -0.3 is 16.2 Å². The lowest BCUT2D eigenvalue weighted by atomic mass is 10.2. The maximum absolute atomic E-state index is 11.3. The van der Waals surface area contributed by atoms with Crippen LogP contribution >= 0.6 is 0 Å². The monoisotopic (exact) mass is 273 g/mol. The number of nitrogens with two attached hydrogens (primary N) is 2. The molecule has 2 aromatic carbocycles. The second-order valence-electron chi connectivity index (χ2n) is 3.94. The van der Waals surface area contributed by atoms with Gasteiger partial charge in [-0.1, -0.05) is 12.1 Å². The molecule has 20 heavy (non-hydrogen) atoms. The number of para-hydroxylation sites is 1. The third-order valence-electron chi connectivity index (χ3n) is 2.58. The van der Waals surface area contributed by atoms with Crippen LogP contribution in [-0.2, 0) is 0 Å². The van der Waals surface area contributed by atoms with Gasteiger partial charge in [0.05, 0.1) is 16.2 Å². The van der Waals surface area contributed by atoms with E-state index in [1.807, 2.05) is 0 Å². The SMILES string of the molecule is NC(=O)c1ccccc1Oc1ccc([N+](=O)[O-])cc1N. The van der Waals surface area contributed by atoms with Crippen LogP contribution in [0.5, 0.6) is 11.5 Å². The van der Waals surface area contributed by atoms with Crippen molar-refractivity contribution in [3.05, 3.63) is 58.1 Å². The maximum Gasteiger partial charge on any atom is 0.271 e. The fourth-order valence-corrected chi connectivity index (χ4v) is 1.62. The molecule has 0 aliphatic carbocycles. The van der Waals surface area contributed by atoms with Gasteiger partial charge in [-0.3, -0.25) is 14.9 Å². The molecule has 0 radical (unpaired) electrons. The predicted octanol–water partition coefficient (Wildman–Crippen LogP) is 2.07. The maximum atomic E-state index is 11.3. The molecule has 0 bridgehead atoms. The van der Waals surface area contributed by atoms with Crippen molar-refractivity contribution in [2.75, 3.05) is 5.73 Å². The van der Waals surface area contributed by atoms with Crippen molar-refractivity contribution in [1.82, 2.24) is 0 Å². The highest BCUT2D eigenvalue weighted by molar-refractivity contribution is 5.95. The molecule has 0 spiro atoms. The third kappa shape index (κ3) is 2.66. The molecule has 0 aliphatic rings. The molecule has 0 saturated heterocycles. The lowest BCUT2D eigenvalue weighted by molar-refractivity contribution is -0.384. The van der Waals surface area contributed by atoms with Crippen LogP contribution in [0.3, 0.4) is 0 Å². The summed E-state index contributed by atoms with van der Waals surface area (Å²) >= 11 is 0. The second kappa shape index (κ2) is 5.27. The number of carbonyl (C=O) groups is 1. The average Bonchev–Trinajstić information content (AvgIpc) is 2.41. The Morgan fingerprint density at radius 1 is 1.15 bits per heavy atom. The first-order valence-electron chi connectivity index (χ1n) is 5.59. The van der Waals surface area contributed by atoms with E-state index >= 15 is 0 Å². The zero-order valence-corrected chi connectivity index (χ0v) is 10.3. The highest BCUT2D eigenvalue weighted by Crippen LogP contribution is 2.32. The fraction of sp³-hybridized carbons (Fsp3) is 0. The van der Waals surface area contributed by atoms with Gasteiger partial charge in [0.2, 0.25) is 0 Å². The highest BCUT2D eigenvalue weighted by atomic mass is 16.6. The summed E-state index contributed by atoms with van der Waals surface area (Å²) in [6, 6.07) is 10.2. The summed E-state index contributed by atoms with van der Waals surface area (Å²) in [5, 5.41) is 10.6. The summed E-state index contributed by atoms with van der Waals surface area (Å²) < 4.78 is 5.49. The largest absolute Gasteiger partial charge is 0.454 e. The highest BCUT2D eigenvalue weighted by Gasteiger charge is 2.13. The minimum atomic E-state index is -0.638. The number of nitrogen functional groups attached to an aromatic ring is 1. The molecule has 7 heteroatoms. The normalized spacial score (nSPS) is 10.0. The number of amides is 1. The zero-order valence-electron chi connectivity index (χ0n) is 10.3. The second-order valence-corrected chi connectivity index (χ2v) is 3.94. The van der Waals surface area contributed by atoms with E-state index in [4.69, 9.17) is 16.2 Å². The molecule has 0 aromatic heterocycles. The van der Waals surface area contributed by atoms with Crippen LogP contribution in [0.4, 0.5) is 11.4 Å². The van der Waals surface area contributed by atoms with Crippen molar-refractivity contribution >= 4 is 17.3 Å². The molecule has 1 amide bonds. The van der Waals surface area contributed by atoms with Crippen molar-refractivity contribution in [2.24, 2.45) is 5.73 Å². The van der Waals surface area contributed by atoms with E-state index in [-0.39, 0.29) is 28.4 Å². The number of primary amides is 1. The van der Waals surface area contributed by atoms with Gasteiger partial charge in [0.15, 0.2) is 5.75 Å². The minimum Gasteiger partial charge on any atom is -0.454 e. The molecular formula is C13H11N3O4. The van der Waals surface area contributed by atoms with Crippen molar-refractivity contribution in [3.63, 3.8) is 0 Å². The van der Waals surface area contributed by atoms with Gasteiger partial charge in [0.25, 0.3) is 11.6 Å². The summed E-state index contributed by atoms with van der Waals surface area (Å²) in [5.74, 6) is -0.189. The molecule has 0 atom stereocenters. The van der Waals surface area contributed by atoms with E-state index in [1.165, 1.54) is 24.3 Å². The van der Waals surface area contributed by atoms with Gasteiger partial charge in [-0.05, 0) is 18.2 Å². The number of hydrogen-bond donors (Lipinski definition) is 2. The van der Waals surface area contributed by atoms with Gasteiger partial charge in [0, 0.05) is 12.1 Å². The summed E-state index contributed by atoms with van der Waals surface area (Å²) in [5.41, 5.74) is 11.1. The van der Waals surface area contributed by atoms with Gasteiger partial charge in [-0.2, -0.15) is 0 Å². The standard InChI is InChI=1S/C13H11N3O4/c14-10-7-8(16(18)19)5-6-12(10)20-11-4-2-1-3-9(11)13(15)17/h1-7H,14H2,(H2,15,17). The number of rotatable bonds is 4. The number of ether oxygens (including phenoxy) is 1. The number of nitro benzene ring substituents is 1. The first-order chi connectivity index (χ1) is 9.49. The smallest absolute Gasteiger partial charge is 0.271 e. The zero-order chi connectivity index (χ0) is 14.7. The molecule has 2 aromatic rings. The van der Waals surface area contributed by atoms with Crippen LogP contribution in [0.1, 0.15) is 10.4 Å². The van der Waals surface area contributed by atoms with Crippen LogP contribution in [0, 0.1) is 10.1 Å². The number of anilines is 1. The number of hydrogen-bond acceptors (Lipinski definition) is 5. The van der Waals surface area contributed by atoms with Gasteiger partial charge in [-0.25, -0.2) is 0 Å². The van der Waals surface area contributed by atoms with Crippen LogP contribution in [0.25, 0.3) is 0 Å². The lowest BCUT2D eigenvalue weighted by Gasteiger charge is -2.10. The number of non-ortho nitro benzene ring substituents is 1. The Labute approximate surface area is 113 Å². The van der Waals surface area contributed by atoms with E-state index in [1.54, 1.807) is 18.2 Å². The van der Waals surface area contributed by atoms with E-state index in [2.05, 4.69) is 0 Å². The molecule has 7 nitrogen and oxygen atoms in total. The molecule has 4 N–H and O–H groups in total. The summed E-state index contributed by atoms with van der Waals surface area (Å²) in [6.07, 6.45) is 0. The van der Waals surface area contributed by atoms with Crippen molar-refractivity contribution in [3.8, 4) is 11.5 Å². The number of nitro groups is 1. The van der Waals surface area contributed by atoms with Crippen LogP contribution < -0.4 is 16.2 Å². The minimum absolute atomic E-state index is 0.0958. The quantitative estimate of drug-likeness (QED) is 0.501. The molecule has 0 aliphatic heterocycles. The van der Waals surface area contributed by atoms with E-state index < -0.39 is 10.8 Å². The van der Waals surface area contributed by atoms with Gasteiger partial charge in [0.1, 0.15) is 5.75 Å². The Balaban J connectivity index is 2.36. The Morgan fingerprint density at radius 2 is 1.85 bits per heavy atom. The molecule has 0 saturated carbocycles. The first kappa shape index (κ1) is 13.3. The summed E-state index contributed by atoms with van der Waals surface area (Å²) in [7, 11) is 0. The van der Waals surface area contributed by atoms with Crippen LogP contribution in [0.15, 0.2) is 42.5 Å². The summed E-state index contributed by atoms with van der Waals surface area (Å²) in [4.78, 5) is 21.3. The van der Waals surface area contributed by atoms with E-state index in [9.17, 15) is 14.9 Å². The first-order valence-corrected chi connectivity index (χ1v) is 5.59. The van der Waals surface area contributed by atoms with Crippen molar-refractivity contribution in [1.29, 1.82) is 0 Å². The topological polar surface area (TPSA) is 121 Å². The van der Waals surface area contributed by atoms with Gasteiger partial charge in [-0.15, -0.1) is 0 Å². The van der Waals surface area contributed by atoms with Crippen LogP contribution in [0.2, 0.25) is 0 Å². The van der Waals surface area contributed by atoms with E-state index in [0.717, 1.165) is 0 Å². The Bertz CT molecular complexity index is 685. The van der Waals surface area contributed by atoms with Crippen molar-refractivity contribution in [2.45, 2.75) is 0 Å². The molecule has 0 unspecified atom stereocenters. The van der Waals surface area contributed by atoms with Gasteiger partial charge >= 0.3 is 0 Å². The number of carbonyl (C=O) groups excluding carboxylic acids is 1. The Morgan fingerprint density at radius 3 is 2.45 bits per heavy atom. The molecular weight excluding hydrogens is 262 g/mol. The number of benzene rings is 2. The average molecular weight is 273 g/mol. The molecule has 0 heterocycles. The summed E-state index contributed by atoms with van der Waals surface area (Å²) in [6.45, 7) is 0. The number of nitrogens with zero attached hydrogens (tertiary/aromatic N) is 1. The lowest BCUT2D eigenvalue weighted by Crippen LogP contribution is -2.12. The predicted molar refractivity (Wildman–Crippen MR) is 72.5 cm³/mol.